The van der Waals surface area contributed by atoms with Crippen LogP contribution < -0.4 is 19.5 Å². The number of ether oxygens (including phenoxy) is 3. The van der Waals surface area contributed by atoms with Gasteiger partial charge in [0.05, 0.1) is 13.7 Å². The normalized spacial score (nSPS) is 14.9. The fraction of sp³-hybridized carbons (Fsp3) is 0.458. The highest BCUT2D eigenvalue weighted by Gasteiger charge is 2.21. The van der Waals surface area contributed by atoms with Crippen LogP contribution in [0, 0.1) is 0 Å². The Morgan fingerprint density at radius 1 is 1.03 bits per heavy atom. The fourth-order valence-electron chi connectivity index (χ4n) is 3.53. The molecule has 1 amide bonds. The molecule has 0 spiro atoms. The van der Waals surface area contributed by atoms with E-state index >= 15 is 0 Å². The van der Waals surface area contributed by atoms with Crippen LogP contribution in [0.3, 0.4) is 0 Å². The maximum absolute atomic E-state index is 12.2. The zero-order valence-electron chi connectivity index (χ0n) is 17.9. The maximum Gasteiger partial charge on any atom is 0.258 e. The van der Waals surface area contributed by atoms with Crippen molar-refractivity contribution in [1.29, 1.82) is 0 Å². The molecule has 6 heteroatoms. The van der Waals surface area contributed by atoms with Gasteiger partial charge in [0.25, 0.3) is 5.91 Å². The summed E-state index contributed by atoms with van der Waals surface area (Å²) < 4.78 is 16.4. The minimum absolute atomic E-state index is 0.0270. The van der Waals surface area contributed by atoms with Gasteiger partial charge in [0.2, 0.25) is 0 Å². The molecule has 1 heterocycles. The van der Waals surface area contributed by atoms with Crippen LogP contribution in [-0.4, -0.2) is 50.3 Å². The Kier molecular flexibility index (Phi) is 8.39. The summed E-state index contributed by atoms with van der Waals surface area (Å²) in [4.78, 5) is 14.7. The van der Waals surface area contributed by atoms with Crippen LogP contribution in [0.5, 0.6) is 17.2 Å². The molecule has 0 aromatic heterocycles. The van der Waals surface area contributed by atoms with Crippen LogP contribution in [0.2, 0.25) is 0 Å². The third-order valence-electron chi connectivity index (χ3n) is 5.16. The third-order valence-corrected chi connectivity index (χ3v) is 5.16. The lowest BCUT2D eigenvalue weighted by molar-refractivity contribution is -0.124. The highest BCUT2D eigenvalue weighted by molar-refractivity contribution is 5.77. The van der Waals surface area contributed by atoms with Crippen molar-refractivity contribution >= 4 is 5.91 Å². The second-order valence-corrected chi connectivity index (χ2v) is 7.58. The Labute approximate surface area is 179 Å². The van der Waals surface area contributed by atoms with Gasteiger partial charge in [-0.2, -0.15) is 0 Å². The monoisotopic (exact) mass is 412 g/mol. The van der Waals surface area contributed by atoms with Gasteiger partial charge in [-0.25, -0.2) is 0 Å². The second kappa shape index (κ2) is 11.5. The molecule has 0 aliphatic carbocycles. The summed E-state index contributed by atoms with van der Waals surface area (Å²) >= 11 is 0. The molecule has 1 fully saturated rings. The van der Waals surface area contributed by atoms with Gasteiger partial charge in [-0.3, -0.25) is 9.69 Å². The third kappa shape index (κ3) is 6.95. The number of likely N-dealkylation sites (tertiary alicyclic amines) is 1. The molecule has 0 bridgehead atoms. The van der Waals surface area contributed by atoms with E-state index in [1.165, 1.54) is 5.56 Å². The van der Waals surface area contributed by atoms with Crippen LogP contribution in [0.4, 0.5) is 0 Å². The lowest BCUT2D eigenvalue weighted by Gasteiger charge is -2.32. The molecule has 3 rings (SSSR count). The molecule has 1 aliphatic heterocycles. The molecule has 0 saturated carbocycles. The van der Waals surface area contributed by atoms with Crippen molar-refractivity contribution in [2.45, 2.75) is 38.8 Å². The number of methoxy groups -OCH3 is 1. The van der Waals surface area contributed by atoms with Gasteiger partial charge < -0.3 is 19.5 Å². The Bertz CT molecular complexity index is 786. The van der Waals surface area contributed by atoms with Crippen molar-refractivity contribution < 1.29 is 19.0 Å². The lowest BCUT2D eigenvalue weighted by Crippen LogP contribution is -2.45. The summed E-state index contributed by atoms with van der Waals surface area (Å²) in [5.41, 5.74) is 1.25. The van der Waals surface area contributed by atoms with Crippen LogP contribution in [0.25, 0.3) is 0 Å². The molecule has 0 radical (unpaired) electrons. The van der Waals surface area contributed by atoms with E-state index in [9.17, 15) is 4.79 Å². The highest BCUT2D eigenvalue weighted by Crippen LogP contribution is 2.19. The minimum Gasteiger partial charge on any atom is -0.497 e. The number of hydrogen-bond acceptors (Lipinski definition) is 5. The maximum atomic E-state index is 12.2. The van der Waals surface area contributed by atoms with Crippen molar-refractivity contribution in [3.05, 3.63) is 54.1 Å². The van der Waals surface area contributed by atoms with Crippen LogP contribution >= 0.6 is 0 Å². The molecule has 1 aliphatic rings. The summed E-state index contributed by atoms with van der Waals surface area (Å²) in [6, 6.07) is 15.8. The Hall–Kier alpha value is -2.73. The fourth-order valence-corrected chi connectivity index (χ4v) is 3.53. The Morgan fingerprint density at radius 2 is 1.73 bits per heavy atom. The first kappa shape index (κ1) is 22.0. The Balaban J connectivity index is 1.35. The van der Waals surface area contributed by atoms with Crippen LogP contribution in [0.15, 0.2) is 48.5 Å². The van der Waals surface area contributed by atoms with E-state index in [0.29, 0.717) is 12.4 Å². The predicted molar refractivity (Wildman–Crippen MR) is 117 cm³/mol. The molecule has 0 unspecified atom stereocenters. The number of benzene rings is 2. The van der Waals surface area contributed by atoms with E-state index in [2.05, 4.69) is 29.3 Å². The molecule has 0 atom stereocenters. The first-order valence-corrected chi connectivity index (χ1v) is 10.7. The summed E-state index contributed by atoms with van der Waals surface area (Å²) in [6.07, 6.45) is 2.86. The van der Waals surface area contributed by atoms with Gasteiger partial charge in [-0.05, 0) is 61.2 Å². The predicted octanol–water partition coefficient (Wildman–Crippen LogP) is 3.64. The second-order valence-electron chi connectivity index (χ2n) is 7.58. The topological polar surface area (TPSA) is 60.0 Å². The van der Waals surface area contributed by atoms with Crippen molar-refractivity contribution in [3.63, 3.8) is 0 Å². The average Bonchev–Trinajstić information content (AvgIpc) is 2.78. The van der Waals surface area contributed by atoms with Gasteiger partial charge in [-0.1, -0.05) is 19.1 Å². The summed E-state index contributed by atoms with van der Waals surface area (Å²) in [5, 5.41) is 3.10. The first-order chi connectivity index (χ1) is 14.7. The Morgan fingerprint density at radius 3 is 2.40 bits per heavy atom. The number of nitrogens with one attached hydrogen (secondary N) is 1. The number of rotatable bonds is 10. The van der Waals surface area contributed by atoms with Crippen molar-refractivity contribution in [2.24, 2.45) is 0 Å². The van der Waals surface area contributed by atoms with Gasteiger partial charge >= 0.3 is 0 Å². The quantitative estimate of drug-likeness (QED) is 0.646. The number of piperidine rings is 1. The number of carbonyl (C=O) groups excluding carboxylic acids is 1. The van der Waals surface area contributed by atoms with Crippen molar-refractivity contribution in [1.82, 2.24) is 10.2 Å². The van der Waals surface area contributed by atoms with Gasteiger partial charge in [-0.15, -0.1) is 0 Å². The van der Waals surface area contributed by atoms with E-state index in [1.807, 2.05) is 36.4 Å². The van der Waals surface area contributed by atoms with E-state index in [-0.39, 0.29) is 18.6 Å². The molecule has 2 aromatic carbocycles. The highest BCUT2D eigenvalue weighted by atomic mass is 16.5. The van der Waals surface area contributed by atoms with Gasteiger partial charge in [0.1, 0.15) is 17.2 Å². The van der Waals surface area contributed by atoms with Crippen molar-refractivity contribution in [2.75, 3.05) is 33.4 Å². The molecular weight excluding hydrogens is 380 g/mol. The van der Waals surface area contributed by atoms with Gasteiger partial charge in [0, 0.05) is 25.7 Å². The summed E-state index contributed by atoms with van der Waals surface area (Å²) in [7, 11) is 1.69. The summed E-state index contributed by atoms with van der Waals surface area (Å²) in [5.74, 6) is 2.29. The molecular formula is C24H32N2O4. The molecule has 2 aromatic rings. The number of hydrogen-bond donors (Lipinski definition) is 1. The SMILES string of the molecule is CCCOc1ccc(OCC(=O)NC2CCN(Cc3cccc(OC)c3)CC2)cc1. The lowest BCUT2D eigenvalue weighted by atomic mass is 10.0. The first-order valence-electron chi connectivity index (χ1n) is 10.7. The van der Waals surface area contributed by atoms with Gasteiger partial charge in [0.15, 0.2) is 6.61 Å². The van der Waals surface area contributed by atoms with E-state index in [4.69, 9.17) is 14.2 Å². The molecule has 30 heavy (non-hydrogen) atoms. The largest absolute Gasteiger partial charge is 0.497 e. The minimum atomic E-state index is -0.0763. The molecule has 6 nitrogen and oxygen atoms in total. The van der Waals surface area contributed by atoms with Crippen LogP contribution in [-0.2, 0) is 11.3 Å². The molecule has 1 N–H and O–H groups in total. The number of nitrogens with zero attached hydrogens (tertiary/aromatic N) is 1. The van der Waals surface area contributed by atoms with E-state index in [0.717, 1.165) is 50.4 Å². The average molecular weight is 413 g/mol. The number of amides is 1. The molecule has 162 valence electrons. The summed E-state index contributed by atoms with van der Waals surface area (Å²) in [6.45, 7) is 5.62. The standard InChI is InChI=1S/C24H32N2O4/c1-3-15-29-21-7-9-22(10-8-21)30-18-24(27)25-20-11-13-26(14-12-20)17-19-5-4-6-23(16-19)28-2/h4-10,16,20H,3,11-15,17-18H2,1-2H3,(H,25,27). The number of carbonyl (C=O) groups is 1. The smallest absolute Gasteiger partial charge is 0.258 e. The van der Waals surface area contributed by atoms with Crippen LogP contribution in [0.1, 0.15) is 31.7 Å². The zero-order chi connectivity index (χ0) is 21.2. The van der Waals surface area contributed by atoms with E-state index in [1.54, 1.807) is 7.11 Å². The zero-order valence-corrected chi connectivity index (χ0v) is 17.9. The van der Waals surface area contributed by atoms with Crippen molar-refractivity contribution in [3.8, 4) is 17.2 Å². The van der Waals surface area contributed by atoms with E-state index < -0.39 is 0 Å². The molecule has 1 saturated heterocycles.